The first-order valence-corrected chi connectivity index (χ1v) is 10.7. The fourth-order valence-electron chi connectivity index (χ4n) is 3.39. The molecular formula is C16H29N3O4S. The van der Waals surface area contributed by atoms with Crippen LogP contribution in [-0.4, -0.2) is 68.9 Å². The first-order valence-electron chi connectivity index (χ1n) is 8.88. The molecule has 24 heavy (non-hydrogen) atoms. The lowest BCUT2D eigenvalue weighted by atomic mass is 9.93. The lowest BCUT2D eigenvalue weighted by molar-refractivity contribution is -0.136. The van der Waals surface area contributed by atoms with Crippen molar-refractivity contribution in [2.45, 2.75) is 45.1 Å². The zero-order chi connectivity index (χ0) is 17.6. The van der Waals surface area contributed by atoms with Gasteiger partial charge in [-0.25, -0.2) is 8.42 Å². The van der Waals surface area contributed by atoms with E-state index in [4.69, 9.17) is 0 Å². The maximum Gasteiger partial charge on any atom is 0.239 e. The van der Waals surface area contributed by atoms with Crippen LogP contribution in [0.1, 0.15) is 39.0 Å². The minimum Gasteiger partial charge on any atom is -0.351 e. The zero-order valence-corrected chi connectivity index (χ0v) is 15.2. The van der Waals surface area contributed by atoms with Crippen LogP contribution in [-0.2, 0) is 19.4 Å². The van der Waals surface area contributed by atoms with Gasteiger partial charge in [-0.15, -0.1) is 0 Å². The van der Waals surface area contributed by atoms with Crippen molar-refractivity contribution in [1.82, 2.24) is 15.5 Å². The van der Waals surface area contributed by atoms with Crippen LogP contribution in [0.4, 0.5) is 0 Å². The van der Waals surface area contributed by atoms with Gasteiger partial charge < -0.3 is 15.5 Å². The van der Waals surface area contributed by atoms with Crippen LogP contribution in [0.25, 0.3) is 0 Å². The summed E-state index contributed by atoms with van der Waals surface area (Å²) in [7, 11) is -3.01. The highest BCUT2D eigenvalue weighted by molar-refractivity contribution is 7.91. The molecule has 1 atom stereocenters. The van der Waals surface area contributed by atoms with E-state index in [1.54, 1.807) is 4.90 Å². The molecule has 0 spiro atoms. The molecule has 1 unspecified atom stereocenters. The number of nitrogens with one attached hydrogen (secondary N) is 2. The minimum atomic E-state index is -3.01. The van der Waals surface area contributed by atoms with Crippen LogP contribution in [0.15, 0.2) is 0 Å². The van der Waals surface area contributed by atoms with Crippen molar-refractivity contribution in [2.75, 3.05) is 37.7 Å². The number of carbonyl (C=O) groups excluding carboxylic acids is 2. The first kappa shape index (κ1) is 19.2. The van der Waals surface area contributed by atoms with E-state index in [0.717, 1.165) is 32.4 Å². The summed E-state index contributed by atoms with van der Waals surface area (Å²) >= 11 is 0. The monoisotopic (exact) mass is 359 g/mol. The third-order valence-corrected chi connectivity index (χ3v) is 6.66. The van der Waals surface area contributed by atoms with Gasteiger partial charge in [0.25, 0.3) is 0 Å². The molecule has 2 saturated heterocycles. The molecule has 0 saturated carbocycles. The quantitative estimate of drug-likeness (QED) is 0.663. The molecular weight excluding hydrogens is 330 g/mol. The normalized spacial score (nSPS) is 23.8. The SMILES string of the molecule is CCN(CC(=O)NC1CCS(=O)(=O)C1)C(=O)CCC1CCNCC1. The number of amides is 2. The third kappa shape index (κ3) is 6.05. The Bertz CT molecular complexity index is 544. The average Bonchev–Trinajstić information content (AvgIpc) is 2.89. The van der Waals surface area contributed by atoms with Crippen LogP contribution in [0.3, 0.4) is 0 Å². The van der Waals surface area contributed by atoms with Crippen molar-refractivity contribution in [1.29, 1.82) is 0 Å². The van der Waals surface area contributed by atoms with Gasteiger partial charge in [-0.2, -0.15) is 0 Å². The maximum atomic E-state index is 12.3. The predicted molar refractivity (Wildman–Crippen MR) is 92.3 cm³/mol. The van der Waals surface area contributed by atoms with Crippen molar-refractivity contribution in [3.8, 4) is 0 Å². The molecule has 0 aromatic carbocycles. The number of rotatable bonds is 7. The average molecular weight is 359 g/mol. The number of nitrogens with zero attached hydrogens (tertiary/aromatic N) is 1. The fraction of sp³-hybridized carbons (Fsp3) is 0.875. The van der Waals surface area contributed by atoms with Crippen molar-refractivity contribution in [3.05, 3.63) is 0 Å². The van der Waals surface area contributed by atoms with Crippen LogP contribution in [0.2, 0.25) is 0 Å². The van der Waals surface area contributed by atoms with Crippen molar-refractivity contribution in [2.24, 2.45) is 5.92 Å². The molecule has 2 N–H and O–H groups in total. The molecule has 0 bridgehead atoms. The lowest BCUT2D eigenvalue weighted by Crippen LogP contribution is -2.44. The number of hydrogen-bond donors (Lipinski definition) is 2. The number of carbonyl (C=O) groups is 2. The number of hydrogen-bond acceptors (Lipinski definition) is 5. The number of sulfone groups is 1. The highest BCUT2D eigenvalue weighted by Crippen LogP contribution is 2.18. The molecule has 7 nitrogen and oxygen atoms in total. The molecule has 8 heteroatoms. The summed E-state index contributed by atoms with van der Waals surface area (Å²) in [6, 6.07) is -0.314. The Morgan fingerprint density at radius 3 is 2.50 bits per heavy atom. The molecule has 138 valence electrons. The van der Waals surface area contributed by atoms with E-state index in [1.807, 2.05) is 6.92 Å². The number of piperidine rings is 1. The van der Waals surface area contributed by atoms with Gasteiger partial charge in [-0.05, 0) is 51.6 Å². The van der Waals surface area contributed by atoms with E-state index >= 15 is 0 Å². The Balaban J connectivity index is 1.73. The van der Waals surface area contributed by atoms with E-state index in [1.165, 1.54) is 0 Å². The van der Waals surface area contributed by atoms with E-state index in [2.05, 4.69) is 10.6 Å². The molecule has 0 aromatic heterocycles. The summed E-state index contributed by atoms with van der Waals surface area (Å²) in [5, 5.41) is 6.05. The minimum absolute atomic E-state index is 0.00484. The Morgan fingerprint density at radius 2 is 1.92 bits per heavy atom. The molecule has 2 aliphatic heterocycles. The van der Waals surface area contributed by atoms with Crippen LogP contribution >= 0.6 is 0 Å². The van der Waals surface area contributed by atoms with Gasteiger partial charge in [0.2, 0.25) is 11.8 Å². The Hall–Kier alpha value is -1.15. The third-order valence-electron chi connectivity index (χ3n) is 4.89. The molecule has 0 radical (unpaired) electrons. The topological polar surface area (TPSA) is 95.6 Å². The summed E-state index contributed by atoms with van der Waals surface area (Å²) < 4.78 is 22.8. The zero-order valence-electron chi connectivity index (χ0n) is 14.4. The van der Waals surface area contributed by atoms with Gasteiger partial charge in [-0.3, -0.25) is 9.59 Å². The van der Waals surface area contributed by atoms with Crippen LogP contribution in [0.5, 0.6) is 0 Å². The molecule has 2 amide bonds. The number of likely N-dealkylation sites (N-methyl/N-ethyl adjacent to an activating group) is 1. The van der Waals surface area contributed by atoms with Crippen molar-refractivity contribution in [3.63, 3.8) is 0 Å². The standard InChI is InChI=1S/C16H29N3O4S/c1-2-19(16(21)4-3-13-5-8-17-9-6-13)11-15(20)18-14-7-10-24(22,23)12-14/h13-14,17H,2-12H2,1H3,(H,18,20). The second-order valence-corrected chi connectivity index (χ2v) is 9.04. The van der Waals surface area contributed by atoms with Crippen molar-refractivity contribution < 1.29 is 18.0 Å². The van der Waals surface area contributed by atoms with Gasteiger partial charge in [0.15, 0.2) is 9.84 Å². The largest absolute Gasteiger partial charge is 0.351 e. The molecule has 0 aromatic rings. The Labute approximate surface area is 144 Å². The molecule has 2 aliphatic rings. The maximum absolute atomic E-state index is 12.3. The van der Waals surface area contributed by atoms with Gasteiger partial charge in [0, 0.05) is 19.0 Å². The summed E-state index contributed by atoms with van der Waals surface area (Å²) in [6.07, 6.45) is 4.03. The van der Waals surface area contributed by atoms with E-state index in [0.29, 0.717) is 25.3 Å². The van der Waals surface area contributed by atoms with E-state index < -0.39 is 9.84 Å². The smallest absolute Gasteiger partial charge is 0.239 e. The van der Waals surface area contributed by atoms with Crippen LogP contribution in [0, 0.1) is 5.92 Å². The molecule has 2 heterocycles. The predicted octanol–water partition coefficient (Wildman–Crippen LogP) is -0.0820. The fourth-order valence-corrected chi connectivity index (χ4v) is 5.06. The van der Waals surface area contributed by atoms with Gasteiger partial charge >= 0.3 is 0 Å². The Kier molecular flexibility index (Phi) is 7.03. The second kappa shape index (κ2) is 8.80. The summed E-state index contributed by atoms with van der Waals surface area (Å²) in [6.45, 7) is 4.39. The van der Waals surface area contributed by atoms with Gasteiger partial charge in [-0.1, -0.05) is 0 Å². The second-order valence-electron chi connectivity index (χ2n) is 6.81. The highest BCUT2D eigenvalue weighted by atomic mass is 32.2. The van der Waals surface area contributed by atoms with Crippen LogP contribution < -0.4 is 10.6 Å². The van der Waals surface area contributed by atoms with Crippen molar-refractivity contribution >= 4 is 21.7 Å². The molecule has 2 rings (SSSR count). The summed E-state index contributed by atoms with van der Waals surface area (Å²) in [5.41, 5.74) is 0. The molecule has 0 aliphatic carbocycles. The summed E-state index contributed by atoms with van der Waals surface area (Å²) in [4.78, 5) is 26.0. The van der Waals surface area contributed by atoms with E-state index in [9.17, 15) is 18.0 Å². The Morgan fingerprint density at radius 1 is 1.21 bits per heavy atom. The lowest BCUT2D eigenvalue weighted by Gasteiger charge is -2.25. The first-order chi connectivity index (χ1) is 11.4. The summed E-state index contributed by atoms with van der Waals surface area (Å²) in [5.74, 6) is 0.463. The van der Waals surface area contributed by atoms with E-state index in [-0.39, 0.29) is 35.9 Å². The highest BCUT2D eigenvalue weighted by Gasteiger charge is 2.29. The molecule has 2 fully saturated rings. The van der Waals surface area contributed by atoms with Gasteiger partial charge in [0.1, 0.15) is 0 Å². The van der Waals surface area contributed by atoms with Gasteiger partial charge in [0.05, 0.1) is 18.1 Å².